The topological polar surface area (TPSA) is 70.5 Å². The molecule has 0 bridgehead atoms. The second kappa shape index (κ2) is 4.63. The first-order chi connectivity index (χ1) is 8.16. The molecule has 1 aromatic heterocycles. The van der Waals surface area contributed by atoms with Crippen molar-refractivity contribution in [3.8, 4) is 0 Å². The number of aliphatic hydroxyl groups excluding tert-OH is 1. The summed E-state index contributed by atoms with van der Waals surface area (Å²) in [7, 11) is 0. The van der Waals surface area contributed by atoms with Gasteiger partial charge >= 0.3 is 0 Å². The number of hydrogen-bond acceptors (Lipinski definition) is 4. The number of aliphatic hydroxyl groups is 1. The highest BCUT2D eigenvalue weighted by Gasteiger charge is 2.38. The maximum Gasteiger partial charge on any atom is 0.280 e. The Labute approximate surface area is 99.1 Å². The molecule has 1 aliphatic heterocycles. The lowest BCUT2D eigenvalue weighted by Crippen LogP contribution is -2.38. The van der Waals surface area contributed by atoms with Crippen LogP contribution >= 0.6 is 0 Å². The third kappa shape index (κ3) is 1.93. The fraction of sp³-hybridized carbons (Fsp3) is 0.417. The van der Waals surface area contributed by atoms with E-state index in [2.05, 4.69) is 4.98 Å². The van der Waals surface area contributed by atoms with Crippen molar-refractivity contribution in [2.45, 2.75) is 25.8 Å². The molecule has 0 aliphatic carbocycles. The molecule has 1 aromatic rings. The van der Waals surface area contributed by atoms with Crippen molar-refractivity contribution >= 4 is 11.8 Å². The van der Waals surface area contributed by atoms with Gasteiger partial charge < -0.3 is 5.11 Å². The summed E-state index contributed by atoms with van der Waals surface area (Å²) < 4.78 is 0. The minimum Gasteiger partial charge on any atom is -0.396 e. The highest BCUT2D eigenvalue weighted by Crippen LogP contribution is 2.23. The molecule has 0 saturated carbocycles. The summed E-state index contributed by atoms with van der Waals surface area (Å²) in [4.78, 5) is 29.2. The lowest BCUT2D eigenvalue weighted by molar-refractivity contribution is 0.0582. The second-order valence-corrected chi connectivity index (χ2v) is 4.09. The summed E-state index contributed by atoms with van der Waals surface area (Å²) in [5, 5.41) is 8.76. The Bertz CT molecular complexity index is 424. The highest BCUT2D eigenvalue weighted by atomic mass is 16.3. The molecule has 1 unspecified atom stereocenters. The third-order valence-electron chi connectivity index (χ3n) is 2.90. The minimum atomic E-state index is -0.337. The van der Waals surface area contributed by atoms with Crippen molar-refractivity contribution in [2.24, 2.45) is 0 Å². The molecule has 0 saturated heterocycles. The summed E-state index contributed by atoms with van der Waals surface area (Å²) in [5.41, 5.74) is 0.599. The summed E-state index contributed by atoms with van der Waals surface area (Å²) in [6, 6.07) is 3.05. The molecule has 0 radical (unpaired) electrons. The molecule has 0 spiro atoms. The van der Waals surface area contributed by atoms with Gasteiger partial charge in [0.15, 0.2) is 0 Å². The van der Waals surface area contributed by atoms with E-state index in [9.17, 15) is 9.59 Å². The van der Waals surface area contributed by atoms with Gasteiger partial charge in [0.05, 0.1) is 5.56 Å². The first-order valence-electron chi connectivity index (χ1n) is 5.60. The SMILES string of the molecule is CC(CCCO)N1C(=O)c2cccnc2C1=O. The fourth-order valence-corrected chi connectivity index (χ4v) is 2.00. The predicted molar refractivity (Wildman–Crippen MR) is 60.5 cm³/mol. The van der Waals surface area contributed by atoms with Crippen LogP contribution in [0.4, 0.5) is 0 Å². The number of imide groups is 1. The van der Waals surface area contributed by atoms with Crippen LogP contribution in [0.5, 0.6) is 0 Å². The maximum absolute atomic E-state index is 12.0. The Kier molecular flexibility index (Phi) is 3.19. The van der Waals surface area contributed by atoms with Gasteiger partial charge in [-0.05, 0) is 31.9 Å². The molecule has 1 aliphatic rings. The van der Waals surface area contributed by atoms with Crippen LogP contribution in [0.3, 0.4) is 0 Å². The predicted octanol–water partition coefficient (Wildman–Crippen LogP) is 0.839. The molecule has 17 heavy (non-hydrogen) atoms. The Morgan fingerprint density at radius 2 is 2.18 bits per heavy atom. The van der Waals surface area contributed by atoms with Crippen LogP contribution in [0, 0.1) is 0 Å². The second-order valence-electron chi connectivity index (χ2n) is 4.09. The van der Waals surface area contributed by atoms with Crippen LogP contribution in [-0.2, 0) is 0 Å². The van der Waals surface area contributed by atoms with Gasteiger partial charge in [-0.3, -0.25) is 19.5 Å². The van der Waals surface area contributed by atoms with E-state index in [1.807, 2.05) is 0 Å². The van der Waals surface area contributed by atoms with Gasteiger partial charge in [0, 0.05) is 18.8 Å². The van der Waals surface area contributed by atoms with Crippen LogP contribution in [0.25, 0.3) is 0 Å². The maximum atomic E-state index is 12.0. The molecule has 2 amide bonds. The Morgan fingerprint density at radius 3 is 2.82 bits per heavy atom. The van der Waals surface area contributed by atoms with Gasteiger partial charge in [-0.1, -0.05) is 0 Å². The molecule has 2 heterocycles. The molecule has 5 heteroatoms. The lowest BCUT2D eigenvalue weighted by atomic mass is 10.1. The number of nitrogens with zero attached hydrogens (tertiary/aromatic N) is 2. The largest absolute Gasteiger partial charge is 0.396 e. The summed E-state index contributed by atoms with van der Waals surface area (Å²) in [6.07, 6.45) is 2.68. The number of aromatic nitrogens is 1. The van der Waals surface area contributed by atoms with Crippen molar-refractivity contribution in [2.75, 3.05) is 6.61 Å². The molecule has 1 atom stereocenters. The molecule has 1 N–H and O–H groups in total. The molecular weight excluding hydrogens is 220 g/mol. The van der Waals surface area contributed by atoms with Gasteiger partial charge in [-0.25, -0.2) is 0 Å². The van der Waals surface area contributed by atoms with Crippen molar-refractivity contribution < 1.29 is 14.7 Å². The summed E-state index contributed by atoms with van der Waals surface area (Å²) in [6.45, 7) is 1.86. The van der Waals surface area contributed by atoms with Gasteiger partial charge in [-0.2, -0.15) is 0 Å². The Hall–Kier alpha value is -1.75. The van der Waals surface area contributed by atoms with Crippen molar-refractivity contribution in [1.29, 1.82) is 0 Å². The Morgan fingerprint density at radius 1 is 1.41 bits per heavy atom. The Balaban J connectivity index is 2.24. The molecule has 0 fully saturated rings. The van der Waals surface area contributed by atoms with Crippen LogP contribution in [0.15, 0.2) is 18.3 Å². The fourth-order valence-electron chi connectivity index (χ4n) is 2.00. The molecule has 0 aromatic carbocycles. The standard InChI is InChI=1S/C12H14N2O3/c1-8(4-3-7-15)14-11(16)9-5-2-6-13-10(9)12(14)17/h2,5-6,8,15H,3-4,7H2,1H3. The molecular formula is C12H14N2O3. The summed E-state index contributed by atoms with van der Waals surface area (Å²) in [5.74, 6) is -0.625. The van der Waals surface area contributed by atoms with E-state index in [0.29, 0.717) is 18.4 Å². The van der Waals surface area contributed by atoms with Crippen LogP contribution in [0.1, 0.15) is 40.6 Å². The quantitative estimate of drug-likeness (QED) is 0.784. The van der Waals surface area contributed by atoms with E-state index in [-0.39, 0.29) is 30.2 Å². The number of rotatable bonds is 4. The van der Waals surface area contributed by atoms with Crippen LogP contribution < -0.4 is 0 Å². The van der Waals surface area contributed by atoms with Gasteiger partial charge in [0.1, 0.15) is 5.69 Å². The number of hydrogen-bond donors (Lipinski definition) is 1. The molecule has 2 rings (SSSR count). The lowest BCUT2D eigenvalue weighted by Gasteiger charge is -2.21. The van der Waals surface area contributed by atoms with Gasteiger partial charge in [0.2, 0.25) is 0 Å². The molecule has 5 nitrogen and oxygen atoms in total. The van der Waals surface area contributed by atoms with Crippen molar-refractivity contribution in [3.05, 3.63) is 29.6 Å². The zero-order chi connectivity index (χ0) is 12.4. The van der Waals surface area contributed by atoms with Gasteiger partial charge in [-0.15, -0.1) is 0 Å². The van der Waals surface area contributed by atoms with Crippen LogP contribution in [0.2, 0.25) is 0 Å². The zero-order valence-corrected chi connectivity index (χ0v) is 9.59. The van der Waals surface area contributed by atoms with E-state index in [1.54, 1.807) is 19.1 Å². The number of carbonyl (C=O) groups is 2. The van der Waals surface area contributed by atoms with E-state index in [4.69, 9.17) is 5.11 Å². The first-order valence-corrected chi connectivity index (χ1v) is 5.60. The number of pyridine rings is 1. The van der Waals surface area contributed by atoms with E-state index < -0.39 is 0 Å². The average molecular weight is 234 g/mol. The number of carbonyl (C=O) groups excluding carboxylic acids is 2. The smallest absolute Gasteiger partial charge is 0.280 e. The average Bonchev–Trinajstić information content (AvgIpc) is 2.60. The van der Waals surface area contributed by atoms with E-state index in [1.165, 1.54) is 11.1 Å². The van der Waals surface area contributed by atoms with Gasteiger partial charge in [0.25, 0.3) is 11.8 Å². The highest BCUT2D eigenvalue weighted by molar-refractivity contribution is 6.20. The van der Waals surface area contributed by atoms with E-state index in [0.717, 1.165) is 0 Å². The monoisotopic (exact) mass is 234 g/mol. The normalized spacial score (nSPS) is 16.2. The summed E-state index contributed by atoms with van der Waals surface area (Å²) >= 11 is 0. The van der Waals surface area contributed by atoms with Crippen LogP contribution in [-0.4, -0.2) is 39.5 Å². The van der Waals surface area contributed by atoms with Crippen molar-refractivity contribution in [1.82, 2.24) is 9.88 Å². The number of fused-ring (bicyclic) bond motifs is 1. The number of amides is 2. The first kappa shape index (κ1) is 11.7. The molecule has 90 valence electrons. The third-order valence-corrected chi connectivity index (χ3v) is 2.90. The minimum absolute atomic E-state index is 0.0613. The van der Waals surface area contributed by atoms with E-state index >= 15 is 0 Å². The zero-order valence-electron chi connectivity index (χ0n) is 9.59. The van der Waals surface area contributed by atoms with Crippen molar-refractivity contribution in [3.63, 3.8) is 0 Å².